The normalized spacial score (nSPS) is 18.2. The van der Waals surface area contributed by atoms with Crippen LogP contribution in [0.3, 0.4) is 0 Å². The number of ketones is 2. The molecule has 0 spiro atoms. The summed E-state index contributed by atoms with van der Waals surface area (Å²) < 4.78 is 5.05. The van der Waals surface area contributed by atoms with Gasteiger partial charge in [-0.05, 0) is 25.5 Å². The predicted molar refractivity (Wildman–Crippen MR) is 94.4 cm³/mol. The molecule has 0 radical (unpaired) electrons. The smallest absolute Gasteiger partial charge is 0.321 e. The summed E-state index contributed by atoms with van der Waals surface area (Å²) in [7, 11) is 0. The first-order valence-corrected chi connectivity index (χ1v) is 8.15. The van der Waals surface area contributed by atoms with Gasteiger partial charge in [0.05, 0.1) is 6.61 Å². The minimum atomic E-state index is -1.22. The third-order valence-corrected chi connectivity index (χ3v) is 4.19. The van der Waals surface area contributed by atoms with Crippen molar-refractivity contribution in [1.29, 1.82) is 0 Å². The van der Waals surface area contributed by atoms with Crippen molar-refractivity contribution in [3.63, 3.8) is 0 Å². The summed E-state index contributed by atoms with van der Waals surface area (Å²) in [5.41, 5.74) is 2.60. The van der Waals surface area contributed by atoms with Crippen LogP contribution >= 0.6 is 0 Å². The first-order chi connectivity index (χ1) is 12.0. The van der Waals surface area contributed by atoms with Crippen molar-refractivity contribution in [1.82, 2.24) is 0 Å². The average molecular weight is 334 g/mol. The highest BCUT2D eigenvalue weighted by molar-refractivity contribution is 6.29. The molecule has 2 aromatic rings. The van der Waals surface area contributed by atoms with Crippen LogP contribution < -0.4 is 0 Å². The Morgan fingerprint density at radius 2 is 1.68 bits per heavy atom. The van der Waals surface area contributed by atoms with Crippen molar-refractivity contribution in [2.24, 2.45) is 5.92 Å². The van der Waals surface area contributed by atoms with Gasteiger partial charge in [-0.15, -0.1) is 0 Å². The highest BCUT2D eigenvalue weighted by Crippen LogP contribution is 2.32. The van der Waals surface area contributed by atoms with E-state index in [1.165, 1.54) is 0 Å². The molecule has 25 heavy (non-hydrogen) atoms. The Balaban J connectivity index is 2.15. The maximum Gasteiger partial charge on any atom is 0.321 e. The van der Waals surface area contributed by atoms with Crippen LogP contribution in [0.25, 0.3) is 6.08 Å². The zero-order valence-electron chi connectivity index (χ0n) is 14.1. The lowest BCUT2D eigenvalue weighted by Crippen LogP contribution is -2.36. The molecule has 0 heterocycles. The van der Waals surface area contributed by atoms with E-state index in [1.54, 1.807) is 37.3 Å². The lowest BCUT2D eigenvalue weighted by atomic mass is 9.77. The third-order valence-electron chi connectivity index (χ3n) is 4.19. The van der Waals surface area contributed by atoms with Crippen molar-refractivity contribution < 1.29 is 19.1 Å². The third kappa shape index (κ3) is 3.15. The number of aryl methyl sites for hydroxylation is 1. The van der Waals surface area contributed by atoms with Crippen LogP contribution in [0.1, 0.15) is 38.8 Å². The van der Waals surface area contributed by atoms with Crippen molar-refractivity contribution >= 4 is 23.6 Å². The van der Waals surface area contributed by atoms with E-state index in [2.05, 4.69) is 0 Å². The number of rotatable bonds is 3. The van der Waals surface area contributed by atoms with Gasteiger partial charge in [0, 0.05) is 16.7 Å². The van der Waals surface area contributed by atoms with E-state index in [1.807, 2.05) is 31.2 Å². The quantitative estimate of drug-likeness (QED) is 0.488. The van der Waals surface area contributed by atoms with Gasteiger partial charge in [0.2, 0.25) is 0 Å². The molecule has 0 N–H and O–H groups in total. The lowest BCUT2D eigenvalue weighted by molar-refractivity contribution is -0.144. The second kappa shape index (κ2) is 6.85. The number of fused-ring (bicyclic) bond motifs is 1. The van der Waals surface area contributed by atoms with Crippen LogP contribution in [0.15, 0.2) is 54.1 Å². The molecule has 2 aromatic carbocycles. The van der Waals surface area contributed by atoms with Crippen LogP contribution in [0.2, 0.25) is 0 Å². The molecule has 0 aliphatic heterocycles. The van der Waals surface area contributed by atoms with Gasteiger partial charge in [0.15, 0.2) is 11.6 Å². The Morgan fingerprint density at radius 3 is 2.32 bits per heavy atom. The fraction of sp³-hybridized carbons (Fsp3) is 0.190. The topological polar surface area (TPSA) is 60.4 Å². The number of carbonyl (C=O) groups excluding carboxylic acids is 3. The molecule has 0 aromatic heterocycles. The van der Waals surface area contributed by atoms with Gasteiger partial charge in [0.1, 0.15) is 5.92 Å². The molecule has 1 atom stereocenters. The molecule has 0 saturated heterocycles. The molecule has 4 nitrogen and oxygen atoms in total. The Kier molecular flexibility index (Phi) is 4.61. The highest BCUT2D eigenvalue weighted by Gasteiger charge is 2.42. The largest absolute Gasteiger partial charge is 0.465 e. The summed E-state index contributed by atoms with van der Waals surface area (Å²) in [5, 5.41) is 0. The van der Waals surface area contributed by atoms with Crippen LogP contribution in [0.4, 0.5) is 0 Å². The van der Waals surface area contributed by atoms with E-state index in [0.717, 1.165) is 11.1 Å². The van der Waals surface area contributed by atoms with Crippen molar-refractivity contribution in [3.8, 4) is 0 Å². The predicted octanol–water partition coefficient (Wildman–Crippen LogP) is 3.64. The summed E-state index contributed by atoms with van der Waals surface area (Å²) >= 11 is 0. The Bertz CT molecular complexity index is 875. The first-order valence-electron chi connectivity index (χ1n) is 8.15. The summed E-state index contributed by atoms with van der Waals surface area (Å²) in [4.78, 5) is 38.1. The van der Waals surface area contributed by atoms with Gasteiger partial charge in [0.25, 0.3) is 0 Å². The zero-order chi connectivity index (χ0) is 18.0. The van der Waals surface area contributed by atoms with Gasteiger partial charge >= 0.3 is 5.97 Å². The molecule has 0 fully saturated rings. The molecule has 0 amide bonds. The molecular formula is C21H18O4. The SMILES string of the molecule is CCOC(=O)[C@@H]1C(=O)c2ccccc2C(=O)/C1=C\c1ccc(C)cc1. The molecule has 4 heteroatoms. The molecule has 0 unspecified atom stereocenters. The molecule has 0 saturated carbocycles. The Labute approximate surface area is 146 Å². The summed E-state index contributed by atoms with van der Waals surface area (Å²) in [6.07, 6.45) is 1.61. The van der Waals surface area contributed by atoms with Gasteiger partial charge in [-0.1, -0.05) is 54.1 Å². The van der Waals surface area contributed by atoms with Crippen LogP contribution in [-0.4, -0.2) is 24.1 Å². The Morgan fingerprint density at radius 1 is 1.04 bits per heavy atom. The number of Topliss-reactive ketones (excluding diaryl/α,β-unsaturated/α-hetero) is 2. The number of esters is 1. The molecule has 1 aliphatic carbocycles. The summed E-state index contributed by atoms with van der Waals surface area (Å²) in [6.45, 7) is 3.78. The minimum Gasteiger partial charge on any atom is -0.465 e. The van der Waals surface area contributed by atoms with Crippen LogP contribution in [0.5, 0.6) is 0 Å². The first kappa shape index (κ1) is 16.8. The highest BCUT2D eigenvalue weighted by atomic mass is 16.5. The second-order valence-corrected chi connectivity index (χ2v) is 5.93. The number of hydrogen-bond donors (Lipinski definition) is 0. The van der Waals surface area contributed by atoms with Crippen molar-refractivity contribution in [2.45, 2.75) is 13.8 Å². The summed E-state index contributed by atoms with van der Waals surface area (Å²) in [5.74, 6) is -2.61. The minimum absolute atomic E-state index is 0.149. The second-order valence-electron chi connectivity index (χ2n) is 5.93. The maximum atomic E-state index is 12.9. The monoisotopic (exact) mass is 334 g/mol. The molecule has 1 aliphatic rings. The molecule has 0 bridgehead atoms. The van der Waals surface area contributed by atoms with Crippen molar-refractivity contribution in [3.05, 3.63) is 76.4 Å². The molecular weight excluding hydrogens is 316 g/mol. The average Bonchev–Trinajstić information content (AvgIpc) is 2.61. The van der Waals surface area contributed by atoms with E-state index in [4.69, 9.17) is 4.74 Å². The van der Waals surface area contributed by atoms with E-state index in [9.17, 15) is 14.4 Å². The van der Waals surface area contributed by atoms with Gasteiger partial charge in [-0.2, -0.15) is 0 Å². The van der Waals surface area contributed by atoms with Gasteiger partial charge < -0.3 is 4.74 Å². The van der Waals surface area contributed by atoms with Crippen molar-refractivity contribution in [2.75, 3.05) is 6.61 Å². The fourth-order valence-electron chi connectivity index (χ4n) is 2.93. The zero-order valence-corrected chi connectivity index (χ0v) is 14.1. The van der Waals surface area contributed by atoms with Gasteiger partial charge in [-0.3, -0.25) is 14.4 Å². The molecule has 3 rings (SSSR count). The van der Waals surface area contributed by atoms with Crippen LogP contribution in [-0.2, 0) is 9.53 Å². The van der Waals surface area contributed by atoms with E-state index in [0.29, 0.717) is 5.56 Å². The number of hydrogen-bond acceptors (Lipinski definition) is 4. The number of carbonyl (C=O) groups is 3. The standard InChI is InChI=1S/C21H18O4/c1-3-25-21(24)18-17(12-14-10-8-13(2)9-11-14)19(22)15-6-4-5-7-16(15)20(18)23/h4-12,18H,3H2,1-2H3/b17-12-/t18-/m0/s1. The Hall–Kier alpha value is -3.01. The maximum absolute atomic E-state index is 12.9. The lowest BCUT2D eigenvalue weighted by Gasteiger charge is -2.24. The van der Waals surface area contributed by atoms with Gasteiger partial charge in [-0.25, -0.2) is 0 Å². The summed E-state index contributed by atoms with van der Waals surface area (Å²) in [6, 6.07) is 14.1. The number of benzene rings is 2. The van der Waals surface area contributed by atoms with Crippen LogP contribution in [0, 0.1) is 12.8 Å². The van der Waals surface area contributed by atoms with E-state index < -0.39 is 17.7 Å². The number of ether oxygens (including phenoxy) is 1. The molecule has 126 valence electrons. The van der Waals surface area contributed by atoms with E-state index >= 15 is 0 Å². The van der Waals surface area contributed by atoms with E-state index in [-0.39, 0.29) is 23.5 Å². The fourth-order valence-corrected chi connectivity index (χ4v) is 2.93.